The van der Waals surface area contributed by atoms with Crippen LogP contribution < -0.4 is 10.5 Å². The average Bonchev–Trinajstić information content (AvgIpc) is 2.28. The van der Waals surface area contributed by atoms with E-state index in [9.17, 15) is 0 Å². The van der Waals surface area contributed by atoms with Crippen LogP contribution in [0.15, 0.2) is 23.1 Å². The summed E-state index contributed by atoms with van der Waals surface area (Å²) in [4.78, 5) is 1.02. The molecular formula is C14H22N2OS. The molecule has 0 amide bonds. The molecule has 0 fully saturated rings. The Morgan fingerprint density at radius 3 is 2.72 bits per heavy atom. The number of thioether (sulfide) groups is 1. The summed E-state index contributed by atoms with van der Waals surface area (Å²) in [6.07, 6.45) is 1.00. The third kappa shape index (κ3) is 4.26. The number of nitrogens with two attached hydrogens (primary N) is 1. The molecule has 0 aliphatic carbocycles. The van der Waals surface area contributed by atoms with Gasteiger partial charge in [-0.3, -0.25) is 5.41 Å². The molecule has 18 heavy (non-hydrogen) atoms. The van der Waals surface area contributed by atoms with E-state index in [1.54, 1.807) is 11.8 Å². The Labute approximate surface area is 114 Å². The highest BCUT2D eigenvalue weighted by atomic mass is 32.2. The minimum Gasteiger partial charge on any atom is -0.493 e. The van der Waals surface area contributed by atoms with Crippen molar-refractivity contribution in [2.45, 2.75) is 32.1 Å². The van der Waals surface area contributed by atoms with Gasteiger partial charge in [0.2, 0.25) is 0 Å². The molecule has 1 rings (SSSR count). The lowest BCUT2D eigenvalue weighted by atomic mass is 10.1. The molecule has 0 heterocycles. The maximum absolute atomic E-state index is 7.70. The molecule has 0 aliphatic heterocycles. The van der Waals surface area contributed by atoms with Gasteiger partial charge < -0.3 is 10.5 Å². The van der Waals surface area contributed by atoms with Gasteiger partial charge in [-0.1, -0.05) is 26.8 Å². The summed E-state index contributed by atoms with van der Waals surface area (Å²) in [6.45, 7) is 7.08. The van der Waals surface area contributed by atoms with E-state index in [1.807, 2.05) is 18.2 Å². The Kier molecular flexibility index (Phi) is 6.05. The van der Waals surface area contributed by atoms with Crippen LogP contribution in [0.2, 0.25) is 0 Å². The molecule has 0 radical (unpaired) electrons. The zero-order valence-electron chi connectivity index (χ0n) is 11.3. The van der Waals surface area contributed by atoms with Gasteiger partial charge in [-0.05, 0) is 30.2 Å². The van der Waals surface area contributed by atoms with Crippen molar-refractivity contribution >= 4 is 17.6 Å². The molecular weight excluding hydrogens is 244 g/mol. The van der Waals surface area contributed by atoms with Gasteiger partial charge >= 0.3 is 0 Å². The summed E-state index contributed by atoms with van der Waals surface area (Å²) in [5.41, 5.74) is 6.40. The highest BCUT2D eigenvalue weighted by Crippen LogP contribution is 2.29. The third-order valence-corrected chi connectivity index (χ3v) is 3.45. The summed E-state index contributed by atoms with van der Waals surface area (Å²) < 4.78 is 5.76. The molecule has 0 atom stereocenters. The number of amidine groups is 1. The van der Waals surface area contributed by atoms with Crippen molar-refractivity contribution in [1.29, 1.82) is 5.41 Å². The van der Waals surface area contributed by atoms with Gasteiger partial charge in [0.05, 0.1) is 12.2 Å². The van der Waals surface area contributed by atoms with Crippen LogP contribution in [0.3, 0.4) is 0 Å². The molecule has 0 unspecified atom stereocenters. The SMILES string of the molecule is CCSc1cccc(OCCC(C)C)c1C(=N)N. The molecule has 0 bridgehead atoms. The zero-order chi connectivity index (χ0) is 13.5. The first-order valence-electron chi connectivity index (χ1n) is 6.29. The Morgan fingerprint density at radius 2 is 2.17 bits per heavy atom. The van der Waals surface area contributed by atoms with Crippen molar-refractivity contribution < 1.29 is 4.74 Å². The van der Waals surface area contributed by atoms with Crippen LogP contribution in [0.4, 0.5) is 0 Å². The van der Waals surface area contributed by atoms with Crippen LogP contribution >= 0.6 is 11.8 Å². The third-order valence-electron chi connectivity index (χ3n) is 2.51. The fourth-order valence-corrected chi connectivity index (χ4v) is 2.42. The van der Waals surface area contributed by atoms with E-state index in [-0.39, 0.29) is 5.84 Å². The van der Waals surface area contributed by atoms with Crippen molar-refractivity contribution in [2.75, 3.05) is 12.4 Å². The highest BCUT2D eigenvalue weighted by molar-refractivity contribution is 7.99. The van der Waals surface area contributed by atoms with Gasteiger partial charge in [0.15, 0.2) is 0 Å². The van der Waals surface area contributed by atoms with Crippen LogP contribution in [0.1, 0.15) is 32.8 Å². The van der Waals surface area contributed by atoms with Crippen LogP contribution in [0.5, 0.6) is 5.75 Å². The molecule has 100 valence electrons. The molecule has 0 aliphatic rings. The number of rotatable bonds is 7. The number of nitrogens with one attached hydrogen (secondary N) is 1. The second-order valence-corrected chi connectivity index (χ2v) is 5.81. The predicted molar refractivity (Wildman–Crippen MR) is 78.8 cm³/mol. The van der Waals surface area contributed by atoms with Gasteiger partial charge in [-0.15, -0.1) is 11.8 Å². The topological polar surface area (TPSA) is 59.1 Å². The normalized spacial score (nSPS) is 10.7. The lowest BCUT2D eigenvalue weighted by Gasteiger charge is -2.14. The van der Waals surface area contributed by atoms with Crippen molar-refractivity contribution in [2.24, 2.45) is 11.7 Å². The number of hydrogen-bond acceptors (Lipinski definition) is 3. The maximum atomic E-state index is 7.70. The Morgan fingerprint density at radius 1 is 1.44 bits per heavy atom. The fraction of sp³-hybridized carbons (Fsp3) is 0.500. The number of nitrogen functional groups attached to an aromatic ring is 1. The number of hydrogen-bond donors (Lipinski definition) is 2. The van der Waals surface area contributed by atoms with E-state index >= 15 is 0 Å². The second kappa shape index (κ2) is 7.31. The number of ether oxygens (including phenoxy) is 1. The molecule has 1 aromatic carbocycles. The van der Waals surface area contributed by atoms with E-state index in [2.05, 4.69) is 20.8 Å². The van der Waals surface area contributed by atoms with Crippen molar-refractivity contribution in [3.63, 3.8) is 0 Å². The molecule has 0 aromatic heterocycles. The van der Waals surface area contributed by atoms with E-state index in [1.165, 1.54) is 0 Å². The van der Waals surface area contributed by atoms with Crippen LogP contribution in [0, 0.1) is 11.3 Å². The van der Waals surface area contributed by atoms with Crippen LogP contribution in [-0.2, 0) is 0 Å². The minimum absolute atomic E-state index is 0.0751. The van der Waals surface area contributed by atoms with Crippen molar-refractivity contribution in [1.82, 2.24) is 0 Å². The van der Waals surface area contributed by atoms with Crippen LogP contribution in [0.25, 0.3) is 0 Å². The van der Waals surface area contributed by atoms with E-state index in [4.69, 9.17) is 15.9 Å². The van der Waals surface area contributed by atoms with Gasteiger partial charge in [0, 0.05) is 4.90 Å². The largest absolute Gasteiger partial charge is 0.493 e. The molecule has 3 nitrogen and oxygen atoms in total. The lowest BCUT2D eigenvalue weighted by Crippen LogP contribution is -2.15. The summed E-state index contributed by atoms with van der Waals surface area (Å²) in [5.74, 6) is 2.36. The Hall–Kier alpha value is -1.16. The van der Waals surface area contributed by atoms with Gasteiger partial charge in [-0.2, -0.15) is 0 Å². The first kappa shape index (κ1) is 14.9. The predicted octanol–water partition coefficient (Wildman–Crippen LogP) is 3.51. The van der Waals surface area contributed by atoms with E-state index < -0.39 is 0 Å². The summed E-state index contributed by atoms with van der Waals surface area (Å²) >= 11 is 1.68. The van der Waals surface area contributed by atoms with Crippen molar-refractivity contribution in [3.05, 3.63) is 23.8 Å². The van der Waals surface area contributed by atoms with Gasteiger partial charge in [0.1, 0.15) is 11.6 Å². The molecule has 0 saturated carbocycles. The second-order valence-electron chi connectivity index (χ2n) is 4.51. The van der Waals surface area contributed by atoms with E-state index in [0.717, 1.165) is 28.4 Å². The fourth-order valence-electron chi connectivity index (χ4n) is 1.58. The Balaban J connectivity index is 2.88. The smallest absolute Gasteiger partial charge is 0.131 e. The quantitative estimate of drug-likeness (QED) is 0.451. The van der Waals surface area contributed by atoms with Crippen LogP contribution in [-0.4, -0.2) is 18.2 Å². The zero-order valence-corrected chi connectivity index (χ0v) is 12.1. The molecule has 0 spiro atoms. The minimum atomic E-state index is 0.0751. The molecule has 3 N–H and O–H groups in total. The monoisotopic (exact) mass is 266 g/mol. The molecule has 4 heteroatoms. The number of benzene rings is 1. The maximum Gasteiger partial charge on any atom is 0.131 e. The summed E-state index contributed by atoms with van der Waals surface area (Å²) in [6, 6.07) is 5.83. The molecule has 0 saturated heterocycles. The first-order chi connectivity index (χ1) is 8.56. The summed E-state index contributed by atoms with van der Waals surface area (Å²) in [5, 5.41) is 7.70. The van der Waals surface area contributed by atoms with E-state index in [0.29, 0.717) is 12.5 Å². The first-order valence-corrected chi connectivity index (χ1v) is 7.27. The summed E-state index contributed by atoms with van der Waals surface area (Å²) in [7, 11) is 0. The standard InChI is InChI=1S/C14H22N2OS/c1-4-18-12-7-5-6-11(13(12)14(15)16)17-9-8-10(2)3/h5-7,10H,4,8-9H2,1-3H3,(H3,15,16). The Bertz CT molecular complexity index is 405. The average molecular weight is 266 g/mol. The van der Waals surface area contributed by atoms with Gasteiger partial charge in [0.25, 0.3) is 0 Å². The van der Waals surface area contributed by atoms with Crippen molar-refractivity contribution in [3.8, 4) is 5.75 Å². The van der Waals surface area contributed by atoms with Gasteiger partial charge in [-0.25, -0.2) is 0 Å². The lowest BCUT2D eigenvalue weighted by molar-refractivity contribution is 0.288. The highest BCUT2D eigenvalue weighted by Gasteiger charge is 2.12. The molecule has 1 aromatic rings.